The van der Waals surface area contributed by atoms with Crippen LogP contribution >= 0.6 is 0 Å². The molecule has 2 aromatic carbocycles. The number of ether oxygens (including phenoxy) is 1. The standard InChI is InChI=1S/C23H29FN4O2/c24-20-6-8-21(9-7-20)27-16-12-25(13-17-27)10-11-26-14-18-28(19-15-26)23(29)30-22-4-2-1-3-5-22/h1-9H,10-19H2. The van der Waals surface area contributed by atoms with Gasteiger partial charge in [-0.25, -0.2) is 9.18 Å². The highest BCUT2D eigenvalue weighted by Gasteiger charge is 2.23. The van der Waals surface area contributed by atoms with Gasteiger partial charge in [0.25, 0.3) is 0 Å². The van der Waals surface area contributed by atoms with E-state index in [1.807, 2.05) is 30.3 Å². The van der Waals surface area contributed by atoms with Crippen molar-refractivity contribution in [2.24, 2.45) is 0 Å². The monoisotopic (exact) mass is 412 g/mol. The van der Waals surface area contributed by atoms with Gasteiger partial charge in [0.1, 0.15) is 11.6 Å². The third kappa shape index (κ3) is 5.49. The van der Waals surface area contributed by atoms with Gasteiger partial charge in [0.2, 0.25) is 0 Å². The normalized spacial score (nSPS) is 18.4. The van der Waals surface area contributed by atoms with Crippen LogP contribution in [0.5, 0.6) is 5.75 Å². The van der Waals surface area contributed by atoms with Gasteiger partial charge in [-0.15, -0.1) is 0 Å². The van der Waals surface area contributed by atoms with Crippen molar-refractivity contribution >= 4 is 11.8 Å². The first-order valence-corrected chi connectivity index (χ1v) is 10.6. The molecular weight excluding hydrogens is 383 g/mol. The maximum atomic E-state index is 13.1. The van der Waals surface area contributed by atoms with Gasteiger partial charge in [-0.3, -0.25) is 9.80 Å². The molecule has 0 saturated carbocycles. The molecule has 0 N–H and O–H groups in total. The molecule has 7 heteroatoms. The zero-order valence-corrected chi connectivity index (χ0v) is 17.3. The van der Waals surface area contributed by atoms with Crippen LogP contribution in [0.2, 0.25) is 0 Å². The topological polar surface area (TPSA) is 39.3 Å². The summed E-state index contributed by atoms with van der Waals surface area (Å²) in [6.07, 6.45) is -0.266. The number of hydrogen-bond donors (Lipinski definition) is 0. The molecule has 0 bridgehead atoms. The minimum atomic E-state index is -0.266. The number of anilines is 1. The van der Waals surface area contributed by atoms with E-state index in [4.69, 9.17) is 4.74 Å². The van der Waals surface area contributed by atoms with Crippen LogP contribution in [0.25, 0.3) is 0 Å². The molecule has 2 saturated heterocycles. The first-order valence-electron chi connectivity index (χ1n) is 10.6. The molecule has 1 amide bonds. The number of carbonyl (C=O) groups is 1. The molecule has 0 unspecified atom stereocenters. The van der Waals surface area contributed by atoms with Crippen molar-refractivity contribution in [2.45, 2.75) is 0 Å². The number of benzene rings is 2. The van der Waals surface area contributed by atoms with E-state index >= 15 is 0 Å². The number of piperazine rings is 2. The maximum Gasteiger partial charge on any atom is 0.415 e. The second kappa shape index (κ2) is 9.91. The van der Waals surface area contributed by atoms with Crippen LogP contribution < -0.4 is 9.64 Å². The van der Waals surface area contributed by atoms with Crippen LogP contribution in [0.1, 0.15) is 0 Å². The Morgan fingerprint density at radius 1 is 0.767 bits per heavy atom. The molecule has 2 aromatic rings. The highest BCUT2D eigenvalue weighted by molar-refractivity contribution is 5.70. The molecule has 2 aliphatic heterocycles. The van der Waals surface area contributed by atoms with Crippen molar-refractivity contribution in [3.8, 4) is 5.75 Å². The molecule has 2 aliphatic rings. The van der Waals surface area contributed by atoms with Crippen LogP contribution in [-0.2, 0) is 0 Å². The van der Waals surface area contributed by atoms with E-state index in [1.165, 1.54) is 12.1 Å². The Morgan fingerprint density at radius 2 is 1.33 bits per heavy atom. The molecule has 0 spiro atoms. The van der Waals surface area contributed by atoms with Crippen molar-refractivity contribution in [3.63, 3.8) is 0 Å². The predicted octanol–water partition coefficient (Wildman–Crippen LogP) is 2.76. The molecule has 0 aliphatic carbocycles. The minimum absolute atomic E-state index is 0.189. The Kier molecular flexibility index (Phi) is 6.81. The number of halogens is 1. The third-order valence-corrected chi connectivity index (χ3v) is 5.88. The van der Waals surface area contributed by atoms with E-state index in [-0.39, 0.29) is 11.9 Å². The number of carbonyl (C=O) groups excluding carboxylic acids is 1. The van der Waals surface area contributed by atoms with Gasteiger partial charge in [0.05, 0.1) is 0 Å². The molecule has 0 atom stereocenters. The van der Waals surface area contributed by atoms with Crippen LogP contribution in [0.4, 0.5) is 14.9 Å². The van der Waals surface area contributed by atoms with Gasteiger partial charge < -0.3 is 14.5 Å². The second-order valence-corrected chi connectivity index (χ2v) is 7.81. The van der Waals surface area contributed by atoms with Gasteiger partial charge in [0.15, 0.2) is 0 Å². The van der Waals surface area contributed by atoms with E-state index in [0.717, 1.165) is 58.0 Å². The lowest BCUT2D eigenvalue weighted by atomic mass is 10.2. The number of para-hydroxylation sites is 1. The van der Waals surface area contributed by atoms with E-state index in [1.54, 1.807) is 17.0 Å². The average Bonchev–Trinajstić information content (AvgIpc) is 2.80. The van der Waals surface area contributed by atoms with Crippen molar-refractivity contribution in [1.29, 1.82) is 0 Å². The first-order chi connectivity index (χ1) is 14.7. The molecule has 30 heavy (non-hydrogen) atoms. The Morgan fingerprint density at radius 3 is 1.93 bits per heavy atom. The summed E-state index contributed by atoms with van der Waals surface area (Å²) < 4.78 is 18.5. The lowest BCUT2D eigenvalue weighted by Crippen LogP contribution is -2.52. The molecule has 4 rings (SSSR count). The fraction of sp³-hybridized carbons (Fsp3) is 0.435. The summed E-state index contributed by atoms with van der Waals surface area (Å²) in [6.45, 7) is 9.15. The molecule has 2 fully saturated rings. The lowest BCUT2D eigenvalue weighted by Gasteiger charge is -2.38. The SMILES string of the molecule is O=C(Oc1ccccc1)N1CCN(CCN2CCN(c3ccc(F)cc3)CC2)CC1. The highest BCUT2D eigenvalue weighted by atomic mass is 19.1. The molecule has 160 valence electrons. The Bertz CT molecular complexity index is 802. The summed E-state index contributed by atoms with van der Waals surface area (Å²) in [4.78, 5) is 21.3. The zero-order valence-electron chi connectivity index (χ0n) is 17.3. The molecular formula is C23H29FN4O2. The number of amides is 1. The summed E-state index contributed by atoms with van der Waals surface area (Å²) in [6, 6.07) is 16.0. The quantitative estimate of drug-likeness (QED) is 0.755. The summed E-state index contributed by atoms with van der Waals surface area (Å²) >= 11 is 0. The fourth-order valence-corrected chi connectivity index (χ4v) is 3.97. The van der Waals surface area contributed by atoms with Gasteiger partial charge >= 0.3 is 6.09 Å². The Hall–Kier alpha value is -2.64. The van der Waals surface area contributed by atoms with E-state index < -0.39 is 0 Å². The van der Waals surface area contributed by atoms with Gasteiger partial charge in [0, 0.05) is 71.1 Å². The molecule has 0 aromatic heterocycles. The smallest absolute Gasteiger partial charge is 0.410 e. The molecule has 0 radical (unpaired) electrons. The third-order valence-electron chi connectivity index (χ3n) is 5.88. The summed E-state index contributed by atoms with van der Waals surface area (Å²) in [5.74, 6) is 0.399. The summed E-state index contributed by atoms with van der Waals surface area (Å²) in [5.41, 5.74) is 1.09. The van der Waals surface area contributed by atoms with E-state index in [2.05, 4.69) is 14.7 Å². The van der Waals surface area contributed by atoms with E-state index in [0.29, 0.717) is 18.8 Å². The summed E-state index contributed by atoms with van der Waals surface area (Å²) in [7, 11) is 0. The minimum Gasteiger partial charge on any atom is -0.410 e. The van der Waals surface area contributed by atoms with Crippen molar-refractivity contribution in [2.75, 3.05) is 70.3 Å². The lowest BCUT2D eigenvalue weighted by molar-refractivity contribution is 0.103. The molecule has 2 heterocycles. The maximum absolute atomic E-state index is 13.1. The van der Waals surface area contributed by atoms with Gasteiger partial charge in [-0.2, -0.15) is 0 Å². The zero-order chi connectivity index (χ0) is 20.8. The average molecular weight is 413 g/mol. The van der Waals surface area contributed by atoms with Crippen LogP contribution in [-0.4, -0.2) is 86.2 Å². The fourth-order valence-electron chi connectivity index (χ4n) is 3.97. The Balaban J connectivity index is 1.14. The van der Waals surface area contributed by atoms with Crippen molar-refractivity contribution in [3.05, 3.63) is 60.4 Å². The van der Waals surface area contributed by atoms with Crippen molar-refractivity contribution in [1.82, 2.24) is 14.7 Å². The largest absolute Gasteiger partial charge is 0.415 e. The summed E-state index contributed by atoms with van der Waals surface area (Å²) in [5, 5.41) is 0. The Labute approximate surface area is 177 Å². The number of hydrogen-bond acceptors (Lipinski definition) is 5. The first kappa shape index (κ1) is 20.6. The van der Waals surface area contributed by atoms with E-state index in [9.17, 15) is 9.18 Å². The van der Waals surface area contributed by atoms with Crippen molar-refractivity contribution < 1.29 is 13.9 Å². The molecule has 6 nitrogen and oxygen atoms in total. The number of nitrogens with zero attached hydrogens (tertiary/aromatic N) is 4. The van der Waals surface area contributed by atoms with Crippen LogP contribution in [0, 0.1) is 5.82 Å². The second-order valence-electron chi connectivity index (χ2n) is 7.81. The van der Waals surface area contributed by atoms with Crippen LogP contribution in [0.15, 0.2) is 54.6 Å². The number of rotatable bonds is 5. The van der Waals surface area contributed by atoms with Gasteiger partial charge in [-0.1, -0.05) is 18.2 Å². The van der Waals surface area contributed by atoms with Gasteiger partial charge in [-0.05, 0) is 36.4 Å². The predicted molar refractivity (Wildman–Crippen MR) is 116 cm³/mol. The van der Waals surface area contributed by atoms with Crippen LogP contribution in [0.3, 0.4) is 0 Å². The highest BCUT2D eigenvalue weighted by Crippen LogP contribution is 2.17.